The molecule has 6 nitrogen and oxygen atoms in total. The molecule has 2 aliphatic heterocycles. The highest BCUT2D eigenvalue weighted by Gasteiger charge is 2.45. The van der Waals surface area contributed by atoms with Gasteiger partial charge in [0.2, 0.25) is 11.8 Å². The minimum atomic E-state index is -1.83. The molecular weight excluding hydrogens is 969 g/mol. The number of para-hydroxylation sites is 4. The molecule has 0 radical (unpaired) electrons. The molecule has 0 saturated heterocycles. The zero-order valence-corrected chi connectivity index (χ0v) is 42.9. The Balaban J connectivity index is 0.742. The molecule has 0 atom stereocenters. The molecule has 2 aromatic heterocycles. The van der Waals surface area contributed by atoms with E-state index in [1.54, 1.807) is 0 Å². The van der Waals surface area contributed by atoms with Crippen molar-refractivity contribution >= 4 is 76.4 Å². The van der Waals surface area contributed by atoms with E-state index in [2.05, 4.69) is 265 Å². The van der Waals surface area contributed by atoms with Gasteiger partial charge in [-0.2, -0.15) is 0 Å². The summed E-state index contributed by atoms with van der Waals surface area (Å²) in [6, 6.07) is 90.0. The second-order valence-corrected chi connectivity index (χ2v) is 25.4. The standard InChI is InChI=1S/C68H48N4O2S2/c1-5-21-51(22-6-1)75(52-23-7-2-8-24-52)63-33-17-13-29-57(63)71(58-30-14-18-34-64(58)75)49-41-37-47(38-42-49)67-69-55-45-62-56(46-61(55)73-67)70-68(74-62)48-39-43-50(44-40-48)72-59-31-15-19-35-65(59)76(53-25-9-3-10-26-53,54-27-11-4-12-28-54)66-36-20-16-32-60(66)72/h1-11,13-27,29-46H,12,28H2. The molecule has 8 heteroatoms. The van der Waals surface area contributed by atoms with Gasteiger partial charge in [-0.15, -0.1) is 20.1 Å². The molecule has 15 rings (SSSR count). The summed E-state index contributed by atoms with van der Waals surface area (Å²) in [5, 5.41) is 0. The fraction of sp³-hybridized carbons (Fsp3) is 0.0294. The fourth-order valence-corrected chi connectivity index (χ4v) is 20.4. The van der Waals surface area contributed by atoms with E-state index < -0.39 is 20.1 Å². The van der Waals surface area contributed by atoms with E-state index in [0.29, 0.717) is 34.0 Å². The molecule has 0 bridgehead atoms. The van der Waals surface area contributed by atoms with Gasteiger partial charge in [0.05, 0.1) is 22.7 Å². The van der Waals surface area contributed by atoms with Gasteiger partial charge in [0, 0.05) is 68.9 Å². The third kappa shape index (κ3) is 6.70. The van der Waals surface area contributed by atoms with E-state index in [1.807, 2.05) is 12.1 Å². The number of allylic oxidation sites excluding steroid dienone is 4. The number of benzene rings is 10. The average molecular weight is 1020 g/mol. The van der Waals surface area contributed by atoms with Crippen LogP contribution in [0, 0.1) is 0 Å². The van der Waals surface area contributed by atoms with Crippen molar-refractivity contribution in [3.05, 3.63) is 272 Å². The van der Waals surface area contributed by atoms with Crippen LogP contribution in [0.5, 0.6) is 0 Å². The summed E-state index contributed by atoms with van der Waals surface area (Å²) in [7, 11) is -3.58. The normalized spacial score (nSPS) is 15.8. The van der Waals surface area contributed by atoms with Gasteiger partial charge in [-0.05, 0) is 151 Å². The highest BCUT2D eigenvalue weighted by molar-refractivity contribution is 8.37. The van der Waals surface area contributed by atoms with Crippen molar-refractivity contribution in [2.75, 3.05) is 9.80 Å². The highest BCUT2D eigenvalue weighted by atomic mass is 32.3. The van der Waals surface area contributed by atoms with Crippen LogP contribution in [0.15, 0.2) is 315 Å². The number of fused-ring (bicyclic) bond motifs is 6. The van der Waals surface area contributed by atoms with Gasteiger partial charge in [-0.25, -0.2) is 9.97 Å². The molecule has 0 saturated carbocycles. The second kappa shape index (κ2) is 17.8. The van der Waals surface area contributed by atoms with E-state index in [9.17, 15) is 0 Å². The van der Waals surface area contributed by atoms with Crippen LogP contribution in [0.25, 0.3) is 45.1 Å². The number of anilines is 6. The van der Waals surface area contributed by atoms with Crippen LogP contribution < -0.4 is 9.80 Å². The number of oxazole rings is 2. The van der Waals surface area contributed by atoms with E-state index in [0.717, 1.165) is 35.3 Å². The predicted octanol–water partition coefficient (Wildman–Crippen LogP) is 19.7. The number of hydrogen-bond donors (Lipinski definition) is 0. The Morgan fingerprint density at radius 2 is 0.724 bits per heavy atom. The van der Waals surface area contributed by atoms with Crippen molar-refractivity contribution in [3.63, 3.8) is 0 Å². The van der Waals surface area contributed by atoms with Crippen molar-refractivity contribution in [2.24, 2.45) is 0 Å². The number of nitrogens with zero attached hydrogens (tertiary/aromatic N) is 4. The lowest BCUT2D eigenvalue weighted by atomic mass is 10.1. The third-order valence-electron chi connectivity index (χ3n) is 15.0. The van der Waals surface area contributed by atoms with Crippen LogP contribution in [0.3, 0.4) is 0 Å². The predicted molar refractivity (Wildman–Crippen MR) is 311 cm³/mol. The van der Waals surface area contributed by atoms with Gasteiger partial charge in [0.15, 0.2) is 11.2 Å². The van der Waals surface area contributed by atoms with E-state index in [1.165, 1.54) is 61.9 Å². The molecule has 0 fully saturated rings. The molecule has 4 heterocycles. The zero-order valence-electron chi connectivity index (χ0n) is 41.2. The lowest BCUT2D eigenvalue weighted by molar-refractivity contribution is 0.618. The quantitative estimate of drug-likeness (QED) is 0.151. The van der Waals surface area contributed by atoms with Crippen LogP contribution in [-0.4, -0.2) is 9.97 Å². The molecule has 364 valence electrons. The van der Waals surface area contributed by atoms with Gasteiger partial charge in [0.25, 0.3) is 0 Å². The van der Waals surface area contributed by atoms with Gasteiger partial charge in [0.1, 0.15) is 11.0 Å². The maximum absolute atomic E-state index is 6.51. The minimum absolute atomic E-state index is 0.539. The minimum Gasteiger partial charge on any atom is -0.436 e. The number of hydrogen-bond acceptors (Lipinski definition) is 6. The van der Waals surface area contributed by atoms with Crippen LogP contribution in [0.1, 0.15) is 12.8 Å². The average Bonchev–Trinajstić information content (AvgIpc) is 4.21. The topological polar surface area (TPSA) is 58.5 Å². The monoisotopic (exact) mass is 1020 g/mol. The summed E-state index contributed by atoms with van der Waals surface area (Å²) >= 11 is 0. The molecule has 0 N–H and O–H groups in total. The van der Waals surface area contributed by atoms with Crippen LogP contribution in [-0.2, 0) is 0 Å². The highest BCUT2D eigenvalue weighted by Crippen LogP contribution is 2.81. The Morgan fingerprint density at radius 1 is 0.368 bits per heavy atom. The Morgan fingerprint density at radius 3 is 1.11 bits per heavy atom. The SMILES string of the molecule is C1=CCCC(S2(c3ccccc3)c3ccccc3N(c3ccc(-c4nc5cc6oc(-c7ccc(N8c9ccccc9S(c9ccccc9)(c9ccccc9)c9ccccc98)cc7)nc6cc5o4)cc3)c3ccccc32)=C1. The molecule has 10 aromatic carbocycles. The van der Waals surface area contributed by atoms with E-state index >= 15 is 0 Å². The first kappa shape index (κ1) is 44.4. The first-order valence-corrected chi connectivity index (χ1v) is 29.0. The summed E-state index contributed by atoms with van der Waals surface area (Å²) in [6.45, 7) is 0. The summed E-state index contributed by atoms with van der Waals surface area (Å²) in [5.74, 6) is 1.08. The van der Waals surface area contributed by atoms with Crippen molar-refractivity contribution in [2.45, 2.75) is 47.1 Å². The second-order valence-electron chi connectivity index (χ2n) is 19.2. The summed E-state index contributed by atoms with van der Waals surface area (Å²) in [5.41, 5.74) is 11.3. The van der Waals surface area contributed by atoms with Gasteiger partial charge >= 0.3 is 0 Å². The number of aromatic nitrogens is 2. The fourth-order valence-electron chi connectivity index (χ4n) is 11.8. The Hall–Kier alpha value is -9.08. The third-order valence-corrected chi connectivity index (χ3v) is 23.1. The molecule has 0 amide bonds. The maximum atomic E-state index is 6.51. The first-order valence-electron chi connectivity index (χ1n) is 25.7. The van der Waals surface area contributed by atoms with Crippen LogP contribution in [0.4, 0.5) is 34.1 Å². The van der Waals surface area contributed by atoms with Crippen LogP contribution >= 0.6 is 20.1 Å². The molecule has 0 unspecified atom stereocenters. The van der Waals surface area contributed by atoms with Crippen molar-refractivity contribution in [3.8, 4) is 22.9 Å². The molecular formula is C68H48N4O2S2. The lowest BCUT2D eigenvalue weighted by Crippen LogP contribution is -2.22. The van der Waals surface area contributed by atoms with Crippen molar-refractivity contribution in [1.29, 1.82) is 0 Å². The largest absolute Gasteiger partial charge is 0.436 e. The lowest BCUT2D eigenvalue weighted by Gasteiger charge is -2.51. The van der Waals surface area contributed by atoms with Crippen molar-refractivity contribution in [1.82, 2.24) is 9.97 Å². The summed E-state index contributed by atoms with van der Waals surface area (Å²) in [6.07, 6.45) is 8.98. The van der Waals surface area contributed by atoms with Gasteiger partial charge in [-0.1, -0.05) is 121 Å². The van der Waals surface area contributed by atoms with Crippen LogP contribution in [0.2, 0.25) is 0 Å². The zero-order chi connectivity index (χ0) is 50.2. The summed E-state index contributed by atoms with van der Waals surface area (Å²) in [4.78, 5) is 25.6. The first-order chi connectivity index (χ1) is 37.7. The molecule has 1 aliphatic carbocycles. The molecule has 0 spiro atoms. The smallest absolute Gasteiger partial charge is 0.227 e. The van der Waals surface area contributed by atoms with Crippen molar-refractivity contribution < 1.29 is 8.83 Å². The Bertz CT molecular complexity index is 4060. The van der Waals surface area contributed by atoms with E-state index in [-0.39, 0.29) is 0 Å². The van der Waals surface area contributed by atoms with E-state index in [4.69, 9.17) is 18.8 Å². The maximum Gasteiger partial charge on any atom is 0.227 e. The number of rotatable bonds is 8. The summed E-state index contributed by atoms with van der Waals surface area (Å²) < 4.78 is 13.0. The molecule has 12 aromatic rings. The Labute approximate surface area is 444 Å². The van der Waals surface area contributed by atoms with Gasteiger partial charge < -0.3 is 18.6 Å². The Kier molecular flexibility index (Phi) is 10.4. The molecule has 76 heavy (non-hydrogen) atoms. The molecule has 3 aliphatic rings. The van der Waals surface area contributed by atoms with Gasteiger partial charge in [-0.3, -0.25) is 0 Å².